The predicted octanol–water partition coefficient (Wildman–Crippen LogP) is 5.82. The number of nitrogens with one attached hydrogen (secondary N) is 1. The summed E-state index contributed by atoms with van der Waals surface area (Å²) in [7, 11) is 0. The molecule has 5 heteroatoms. The molecule has 0 aliphatic rings. The molecule has 0 saturated heterocycles. The van der Waals surface area contributed by atoms with Crippen LogP contribution in [0.25, 0.3) is 6.08 Å². The number of anilines is 1. The van der Waals surface area contributed by atoms with Crippen LogP contribution in [0.1, 0.15) is 4.88 Å². The molecule has 1 heterocycles. The van der Waals surface area contributed by atoms with Crippen LogP contribution in [0.4, 0.5) is 17.1 Å². The number of benzene rings is 2. The quantitative estimate of drug-likeness (QED) is 0.464. The Bertz CT molecular complexity index is 838. The maximum absolute atomic E-state index is 11.9. The Balaban J connectivity index is 1.58. The fraction of sp³-hybridized carbons (Fsp3) is 0. The monoisotopic (exact) mass is 333 g/mol. The number of nitrogens with zero attached hydrogens (tertiary/aromatic N) is 2. The molecule has 3 rings (SSSR count). The zero-order valence-electron chi connectivity index (χ0n) is 12.8. The number of azo groups is 1. The molecule has 0 aliphatic heterocycles. The molecule has 0 saturated carbocycles. The molecule has 0 fully saturated rings. The van der Waals surface area contributed by atoms with E-state index in [-0.39, 0.29) is 5.91 Å². The summed E-state index contributed by atoms with van der Waals surface area (Å²) in [5, 5.41) is 13.1. The van der Waals surface area contributed by atoms with Gasteiger partial charge in [-0.2, -0.15) is 10.2 Å². The van der Waals surface area contributed by atoms with Crippen LogP contribution in [0.5, 0.6) is 0 Å². The van der Waals surface area contributed by atoms with Crippen LogP contribution in [0.2, 0.25) is 0 Å². The van der Waals surface area contributed by atoms with E-state index >= 15 is 0 Å². The first-order valence-corrected chi connectivity index (χ1v) is 8.27. The number of amides is 1. The minimum Gasteiger partial charge on any atom is -0.323 e. The van der Waals surface area contributed by atoms with Crippen molar-refractivity contribution in [3.8, 4) is 0 Å². The summed E-state index contributed by atoms with van der Waals surface area (Å²) in [6, 6.07) is 20.7. The fourth-order valence-electron chi connectivity index (χ4n) is 1.95. The predicted molar refractivity (Wildman–Crippen MR) is 99.0 cm³/mol. The lowest BCUT2D eigenvalue weighted by atomic mass is 10.3. The molecule has 1 aromatic heterocycles. The van der Waals surface area contributed by atoms with Gasteiger partial charge in [-0.25, -0.2) is 0 Å². The number of carbonyl (C=O) groups excluding carboxylic acids is 1. The van der Waals surface area contributed by atoms with Crippen molar-refractivity contribution < 1.29 is 4.79 Å². The lowest BCUT2D eigenvalue weighted by Gasteiger charge is -2.01. The van der Waals surface area contributed by atoms with Crippen molar-refractivity contribution in [3.05, 3.63) is 83.1 Å². The van der Waals surface area contributed by atoms with Crippen molar-refractivity contribution in [2.75, 3.05) is 5.32 Å². The molecule has 0 spiro atoms. The number of carbonyl (C=O) groups is 1. The summed E-state index contributed by atoms with van der Waals surface area (Å²) >= 11 is 1.59. The highest BCUT2D eigenvalue weighted by Crippen LogP contribution is 2.20. The Morgan fingerprint density at radius 1 is 0.875 bits per heavy atom. The van der Waals surface area contributed by atoms with Crippen LogP contribution in [0, 0.1) is 0 Å². The van der Waals surface area contributed by atoms with E-state index in [9.17, 15) is 4.79 Å². The molecular weight excluding hydrogens is 318 g/mol. The van der Waals surface area contributed by atoms with E-state index in [1.54, 1.807) is 29.5 Å². The summed E-state index contributed by atoms with van der Waals surface area (Å²) in [5.74, 6) is -0.165. The molecule has 1 amide bonds. The Kier molecular flexibility index (Phi) is 5.27. The molecule has 3 aromatic rings. The largest absolute Gasteiger partial charge is 0.323 e. The maximum Gasteiger partial charge on any atom is 0.248 e. The van der Waals surface area contributed by atoms with E-state index in [1.165, 1.54) is 6.08 Å². The number of hydrogen-bond donors (Lipinski definition) is 1. The third-order valence-corrected chi connectivity index (χ3v) is 3.95. The zero-order valence-corrected chi connectivity index (χ0v) is 13.6. The van der Waals surface area contributed by atoms with E-state index in [0.717, 1.165) is 21.9 Å². The van der Waals surface area contributed by atoms with Crippen molar-refractivity contribution in [1.29, 1.82) is 0 Å². The second kappa shape index (κ2) is 7.99. The van der Waals surface area contributed by atoms with Gasteiger partial charge in [-0.3, -0.25) is 4.79 Å². The summed E-state index contributed by atoms with van der Waals surface area (Å²) < 4.78 is 0. The van der Waals surface area contributed by atoms with Gasteiger partial charge in [0.25, 0.3) is 0 Å². The lowest BCUT2D eigenvalue weighted by molar-refractivity contribution is -0.111. The van der Waals surface area contributed by atoms with Gasteiger partial charge in [-0.1, -0.05) is 24.3 Å². The molecule has 4 nitrogen and oxygen atoms in total. The van der Waals surface area contributed by atoms with E-state index < -0.39 is 0 Å². The van der Waals surface area contributed by atoms with Gasteiger partial charge < -0.3 is 5.32 Å². The first-order valence-electron chi connectivity index (χ1n) is 7.39. The first-order chi connectivity index (χ1) is 11.8. The minimum absolute atomic E-state index is 0.165. The van der Waals surface area contributed by atoms with Crippen molar-refractivity contribution in [3.63, 3.8) is 0 Å². The first kappa shape index (κ1) is 15.8. The molecule has 0 aliphatic carbocycles. The molecule has 0 bridgehead atoms. The average molecular weight is 333 g/mol. The van der Waals surface area contributed by atoms with Crippen LogP contribution < -0.4 is 5.32 Å². The third-order valence-electron chi connectivity index (χ3n) is 3.11. The third kappa shape index (κ3) is 4.72. The van der Waals surface area contributed by atoms with Crippen LogP contribution >= 0.6 is 11.3 Å². The number of thiophene rings is 1. The van der Waals surface area contributed by atoms with Gasteiger partial charge in [0, 0.05) is 16.6 Å². The van der Waals surface area contributed by atoms with Gasteiger partial charge in [0.1, 0.15) is 0 Å². The van der Waals surface area contributed by atoms with E-state index in [0.29, 0.717) is 0 Å². The van der Waals surface area contributed by atoms with Gasteiger partial charge >= 0.3 is 0 Å². The summed E-state index contributed by atoms with van der Waals surface area (Å²) in [4.78, 5) is 12.9. The van der Waals surface area contributed by atoms with Gasteiger partial charge in [-0.15, -0.1) is 11.3 Å². The molecule has 24 heavy (non-hydrogen) atoms. The number of rotatable bonds is 5. The highest BCUT2D eigenvalue weighted by atomic mass is 32.1. The molecule has 0 radical (unpaired) electrons. The summed E-state index contributed by atoms with van der Waals surface area (Å²) in [5.41, 5.74) is 2.24. The van der Waals surface area contributed by atoms with E-state index in [2.05, 4.69) is 15.5 Å². The van der Waals surface area contributed by atoms with Gasteiger partial charge in [0.05, 0.1) is 11.4 Å². The second-order valence-electron chi connectivity index (χ2n) is 4.92. The van der Waals surface area contributed by atoms with E-state index in [1.807, 2.05) is 60.0 Å². The van der Waals surface area contributed by atoms with Crippen molar-refractivity contribution >= 4 is 40.4 Å². The van der Waals surface area contributed by atoms with Crippen LogP contribution in [0.3, 0.4) is 0 Å². The highest BCUT2D eigenvalue weighted by Gasteiger charge is 1.98. The Hall–Kier alpha value is -3.05. The maximum atomic E-state index is 11.9. The molecule has 0 unspecified atom stereocenters. The topological polar surface area (TPSA) is 53.8 Å². The van der Waals surface area contributed by atoms with E-state index in [4.69, 9.17) is 0 Å². The minimum atomic E-state index is -0.165. The normalized spacial score (nSPS) is 11.2. The molecule has 0 atom stereocenters. The average Bonchev–Trinajstić information content (AvgIpc) is 3.14. The second-order valence-corrected chi connectivity index (χ2v) is 5.90. The Morgan fingerprint density at radius 3 is 2.25 bits per heavy atom. The van der Waals surface area contributed by atoms with Crippen LogP contribution in [-0.2, 0) is 4.79 Å². The summed E-state index contributed by atoms with van der Waals surface area (Å²) in [6.45, 7) is 0. The van der Waals surface area contributed by atoms with Gasteiger partial charge in [0.2, 0.25) is 5.91 Å². The fourth-order valence-corrected chi connectivity index (χ4v) is 2.57. The highest BCUT2D eigenvalue weighted by molar-refractivity contribution is 7.10. The molecule has 118 valence electrons. The smallest absolute Gasteiger partial charge is 0.248 e. The molecule has 1 N–H and O–H groups in total. The van der Waals surface area contributed by atoms with Crippen molar-refractivity contribution in [2.24, 2.45) is 10.2 Å². The zero-order chi connectivity index (χ0) is 16.6. The SMILES string of the molecule is O=C(C=Cc1cccs1)Nc1ccc(N=Nc2ccccc2)cc1. The number of hydrogen-bond acceptors (Lipinski definition) is 4. The lowest BCUT2D eigenvalue weighted by Crippen LogP contribution is -2.07. The molecular formula is C19H15N3OS. The molecule has 2 aromatic carbocycles. The van der Waals surface area contributed by atoms with Crippen LogP contribution in [-0.4, -0.2) is 5.91 Å². The Labute approximate surface area is 144 Å². The van der Waals surface area contributed by atoms with Gasteiger partial charge in [0.15, 0.2) is 0 Å². The van der Waals surface area contributed by atoms with Crippen molar-refractivity contribution in [2.45, 2.75) is 0 Å². The standard InChI is InChI=1S/C19H15N3OS/c23-19(13-12-18-7-4-14-24-18)20-15-8-10-17(11-9-15)22-21-16-5-2-1-3-6-16/h1-14H,(H,20,23). The van der Waals surface area contributed by atoms with Crippen LogP contribution in [0.15, 0.2) is 88.4 Å². The van der Waals surface area contributed by atoms with Crippen molar-refractivity contribution in [1.82, 2.24) is 0 Å². The Morgan fingerprint density at radius 2 is 1.58 bits per heavy atom. The van der Waals surface area contributed by atoms with Gasteiger partial charge in [-0.05, 0) is 53.9 Å². The summed E-state index contributed by atoms with van der Waals surface area (Å²) in [6.07, 6.45) is 3.32.